The maximum absolute atomic E-state index is 11.9. The second-order valence-electron chi connectivity index (χ2n) is 6.49. The molecule has 2 aromatic carbocycles. The quantitative estimate of drug-likeness (QED) is 0.267. The molecule has 0 atom stereocenters. The Morgan fingerprint density at radius 3 is 2.29 bits per heavy atom. The zero-order chi connectivity index (χ0) is 19.8. The van der Waals surface area contributed by atoms with Gasteiger partial charge in [-0.1, -0.05) is 24.3 Å². The molecule has 0 aliphatic heterocycles. The number of amides is 1. The number of nitrogens with zero attached hydrogens (tertiary/aromatic N) is 2. The monoisotopic (exact) mass is 512 g/mol. The fraction of sp³-hybridized carbons (Fsp3) is 0.333. The highest BCUT2D eigenvalue weighted by Gasteiger charge is 2.08. The van der Waals surface area contributed by atoms with Crippen LogP contribution in [0.1, 0.15) is 27.0 Å². The number of aryl methyl sites for hydroxylation is 1. The minimum atomic E-state index is 0. The minimum Gasteiger partial charge on any atom is -0.352 e. The molecule has 0 aliphatic rings. The molecular weight excluding hydrogens is 483 g/mol. The first kappa shape index (κ1) is 24.3. The number of rotatable bonds is 6. The number of hydrogen-bond acceptors (Lipinski definition) is 3. The van der Waals surface area contributed by atoms with Crippen LogP contribution in [0.15, 0.2) is 52.4 Å². The Balaban J connectivity index is 0.00000392. The van der Waals surface area contributed by atoms with Gasteiger partial charge in [-0.3, -0.25) is 9.79 Å². The van der Waals surface area contributed by atoms with E-state index in [0.29, 0.717) is 18.7 Å². The van der Waals surface area contributed by atoms with Crippen molar-refractivity contribution in [3.63, 3.8) is 0 Å². The van der Waals surface area contributed by atoms with Gasteiger partial charge in [-0.15, -0.1) is 35.7 Å². The first-order valence-corrected chi connectivity index (χ1v) is 10.1. The summed E-state index contributed by atoms with van der Waals surface area (Å²) in [5.74, 6) is 0.755. The molecule has 2 rings (SSSR count). The van der Waals surface area contributed by atoms with Crippen LogP contribution in [0.25, 0.3) is 0 Å². The summed E-state index contributed by atoms with van der Waals surface area (Å²) in [6.45, 7) is 3.46. The molecule has 0 aliphatic carbocycles. The van der Waals surface area contributed by atoms with Gasteiger partial charge in [0.2, 0.25) is 0 Å². The molecule has 152 valence electrons. The number of carbonyl (C=O) groups is 1. The van der Waals surface area contributed by atoms with Gasteiger partial charge in [0.25, 0.3) is 5.91 Å². The molecule has 0 fully saturated rings. The molecule has 0 saturated heterocycles. The fourth-order valence-corrected chi connectivity index (χ4v) is 3.31. The molecule has 2 aromatic rings. The van der Waals surface area contributed by atoms with E-state index in [0.717, 1.165) is 11.5 Å². The summed E-state index contributed by atoms with van der Waals surface area (Å²) in [6.07, 6.45) is 2.09. The summed E-state index contributed by atoms with van der Waals surface area (Å²) in [6, 6.07) is 14.1. The maximum atomic E-state index is 11.9. The molecule has 0 heterocycles. The molecule has 28 heavy (non-hydrogen) atoms. The SMILES string of the molecule is CN=C(NCc1ccc(C(=O)N(C)C)cc1)NCc1ccc(C)cc1SC.I. The van der Waals surface area contributed by atoms with E-state index in [1.54, 1.807) is 37.8 Å². The molecule has 7 heteroatoms. The molecule has 0 saturated carbocycles. The fourth-order valence-electron chi connectivity index (χ4n) is 2.61. The van der Waals surface area contributed by atoms with E-state index in [4.69, 9.17) is 0 Å². The Kier molecular flexibility index (Phi) is 10.4. The highest BCUT2D eigenvalue weighted by atomic mass is 127. The number of carbonyl (C=O) groups excluding carboxylic acids is 1. The second kappa shape index (κ2) is 12.0. The predicted octanol–water partition coefficient (Wildman–Crippen LogP) is 3.90. The molecular formula is C21H29IN4OS. The van der Waals surface area contributed by atoms with Crippen molar-refractivity contribution >= 4 is 47.6 Å². The largest absolute Gasteiger partial charge is 0.352 e. The van der Waals surface area contributed by atoms with Crippen LogP contribution in [0.5, 0.6) is 0 Å². The molecule has 0 radical (unpaired) electrons. The smallest absolute Gasteiger partial charge is 0.253 e. The maximum Gasteiger partial charge on any atom is 0.253 e. The van der Waals surface area contributed by atoms with Gasteiger partial charge in [0.15, 0.2) is 5.96 Å². The van der Waals surface area contributed by atoms with Crippen LogP contribution in [-0.4, -0.2) is 44.2 Å². The van der Waals surface area contributed by atoms with Gasteiger partial charge in [0.05, 0.1) is 0 Å². The number of benzene rings is 2. The lowest BCUT2D eigenvalue weighted by atomic mass is 10.1. The zero-order valence-electron chi connectivity index (χ0n) is 17.1. The van der Waals surface area contributed by atoms with E-state index in [-0.39, 0.29) is 29.9 Å². The number of thioether (sulfide) groups is 1. The third-order valence-electron chi connectivity index (χ3n) is 4.18. The molecule has 2 N–H and O–H groups in total. The van der Waals surface area contributed by atoms with Gasteiger partial charge in [-0.25, -0.2) is 0 Å². The second-order valence-corrected chi connectivity index (χ2v) is 7.34. The third kappa shape index (κ3) is 7.01. The van der Waals surface area contributed by atoms with Crippen molar-refractivity contribution in [2.45, 2.75) is 24.9 Å². The minimum absolute atomic E-state index is 0. The van der Waals surface area contributed by atoms with E-state index >= 15 is 0 Å². The summed E-state index contributed by atoms with van der Waals surface area (Å²) in [5, 5.41) is 6.67. The van der Waals surface area contributed by atoms with Crippen molar-refractivity contribution in [3.8, 4) is 0 Å². The lowest BCUT2D eigenvalue weighted by molar-refractivity contribution is 0.0827. The molecule has 1 amide bonds. The molecule has 5 nitrogen and oxygen atoms in total. The van der Waals surface area contributed by atoms with Crippen LogP contribution >= 0.6 is 35.7 Å². The number of hydrogen-bond donors (Lipinski definition) is 2. The van der Waals surface area contributed by atoms with Gasteiger partial charge in [-0.2, -0.15) is 0 Å². The Labute approximate surface area is 189 Å². The van der Waals surface area contributed by atoms with Crippen molar-refractivity contribution in [1.29, 1.82) is 0 Å². The molecule has 0 aromatic heterocycles. The molecule has 0 bridgehead atoms. The van der Waals surface area contributed by atoms with Crippen LogP contribution < -0.4 is 10.6 Å². The van der Waals surface area contributed by atoms with E-state index in [2.05, 4.69) is 47.0 Å². The van der Waals surface area contributed by atoms with E-state index in [9.17, 15) is 4.79 Å². The Morgan fingerprint density at radius 1 is 1.07 bits per heavy atom. The summed E-state index contributed by atoms with van der Waals surface area (Å²) in [7, 11) is 5.27. The summed E-state index contributed by atoms with van der Waals surface area (Å²) in [4.78, 5) is 19.1. The summed E-state index contributed by atoms with van der Waals surface area (Å²) < 4.78 is 0. The zero-order valence-corrected chi connectivity index (χ0v) is 20.2. The summed E-state index contributed by atoms with van der Waals surface area (Å²) in [5.41, 5.74) is 4.30. The van der Waals surface area contributed by atoms with Gasteiger partial charge in [0, 0.05) is 44.7 Å². The highest BCUT2D eigenvalue weighted by molar-refractivity contribution is 14.0. The molecule has 0 spiro atoms. The van der Waals surface area contributed by atoms with Crippen LogP contribution in [0, 0.1) is 6.92 Å². The van der Waals surface area contributed by atoms with Crippen LogP contribution in [0.4, 0.5) is 0 Å². The Bertz CT molecular complexity index is 807. The average Bonchev–Trinajstić information content (AvgIpc) is 2.68. The van der Waals surface area contributed by atoms with E-state index < -0.39 is 0 Å². The molecule has 0 unspecified atom stereocenters. The number of nitrogens with one attached hydrogen (secondary N) is 2. The van der Waals surface area contributed by atoms with E-state index in [1.165, 1.54) is 16.0 Å². The van der Waals surface area contributed by atoms with Gasteiger partial charge < -0.3 is 15.5 Å². The van der Waals surface area contributed by atoms with Gasteiger partial charge >= 0.3 is 0 Å². The van der Waals surface area contributed by atoms with Crippen LogP contribution in [-0.2, 0) is 13.1 Å². The predicted molar refractivity (Wildman–Crippen MR) is 130 cm³/mol. The highest BCUT2D eigenvalue weighted by Crippen LogP contribution is 2.21. The average molecular weight is 512 g/mol. The first-order valence-electron chi connectivity index (χ1n) is 8.83. The number of aliphatic imine (C=N–C) groups is 1. The standard InChI is InChI=1S/C21H28N4OS.HI/c1-15-6-9-18(19(12-15)27-5)14-24-21(22-2)23-13-16-7-10-17(11-8-16)20(26)25(3)4;/h6-12H,13-14H2,1-5H3,(H2,22,23,24);1H. The summed E-state index contributed by atoms with van der Waals surface area (Å²) >= 11 is 1.75. The first-order chi connectivity index (χ1) is 12.9. The lowest BCUT2D eigenvalue weighted by Gasteiger charge is -2.14. The van der Waals surface area contributed by atoms with Gasteiger partial charge in [0.1, 0.15) is 0 Å². The van der Waals surface area contributed by atoms with Crippen molar-refractivity contribution in [2.75, 3.05) is 27.4 Å². The van der Waals surface area contributed by atoms with Crippen molar-refractivity contribution in [2.24, 2.45) is 4.99 Å². The Morgan fingerprint density at radius 2 is 1.71 bits per heavy atom. The normalized spacial score (nSPS) is 10.8. The van der Waals surface area contributed by atoms with Crippen LogP contribution in [0.2, 0.25) is 0 Å². The van der Waals surface area contributed by atoms with Crippen molar-refractivity contribution in [1.82, 2.24) is 15.5 Å². The van der Waals surface area contributed by atoms with E-state index in [1.807, 2.05) is 24.3 Å². The number of halogens is 1. The third-order valence-corrected chi connectivity index (χ3v) is 5.00. The van der Waals surface area contributed by atoms with Gasteiger partial charge in [-0.05, 0) is 48.1 Å². The Hall–Kier alpha value is -1.74. The lowest BCUT2D eigenvalue weighted by Crippen LogP contribution is -2.36. The van der Waals surface area contributed by atoms with Crippen molar-refractivity contribution < 1.29 is 4.79 Å². The topological polar surface area (TPSA) is 56.7 Å². The van der Waals surface area contributed by atoms with Crippen LogP contribution in [0.3, 0.4) is 0 Å². The van der Waals surface area contributed by atoms with Crippen molar-refractivity contribution in [3.05, 3.63) is 64.7 Å². The number of guanidine groups is 1.